The predicted octanol–water partition coefficient (Wildman–Crippen LogP) is 5.13. The molecule has 4 rings (SSSR count). The third-order valence-electron chi connectivity index (χ3n) is 8.72. The molecule has 0 unspecified atom stereocenters. The number of nitrogens with one attached hydrogen (secondary N) is 2. The van der Waals surface area contributed by atoms with Crippen LogP contribution < -0.4 is 20.1 Å². The summed E-state index contributed by atoms with van der Waals surface area (Å²) in [5, 5.41) is 5.90. The normalized spacial score (nSPS) is 26.1. The Kier molecular flexibility index (Phi) is 12.7. The molecule has 266 valence electrons. The minimum atomic E-state index is -1.21. The largest absolute Gasteiger partial charge is 0.497 e. The van der Waals surface area contributed by atoms with Crippen LogP contribution in [0.3, 0.4) is 0 Å². The second-order valence-corrected chi connectivity index (χ2v) is 14.0. The van der Waals surface area contributed by atoms with Crippen LogP contribution in [0.2, 0.25) is 5.02 Å². The third kappa shape index (κ3) is 10.2. The van der Waals surface area contributed by atoms with Crippen LogP contribution in [-0.4, -0.2) is 68.9 Å². The summed E-state index contributed by atoms with van der Waals surface area (Å²) in [5.74, 6) is -1.42. The van der Waals surface area contributed by atoms with E-state index < -0.39 is 47.4 Å². The Hall–Kier alpha value is -4.09. The number of methoxy groups -OCH3 is 2. The molecular formula is C37H47ClN2O9. The van der Waals surface area contributed by atoms with E-state index in [9.17, 15) is 19.2 Å². The van der Waals surface area contributed by atoms with Crippen molar-refractivity contribution in [2.75, 3.05) is 20.8 Å². The van der Waals surface area contributed by atoms with Crippen LogP contribution >= 0.6 is 11.6 Å². The summed E-state index contributed by atoms with van der Waals surface area (Å²) in [4.78, 5) is 53.7. The van der Waals surface area contributed by atoms with Crippen molar-refractivity contribution in [2.45, 2.75) is 84.3 Å². The van der Waals surface area contributed by atoms with Gasteiger partial charge in [0.15, 0.2) is 6.10 Å². The Morgan fingerprint density at radius 1 is 0.980 bits per heavy atom. The molecule has 1 fully saturated rings. The van der Waals surface area contributed by atoms with E-state index in [-0.39, 0.29) is 49.9 Å². The quantitative estimate of drug-likeness (QED) is 0.269. The Morgan fingerprint density at radius 3 is 2.33 bits per heavy atom. The molecule has 0 aromatic heterocycles. The first-order valence-corrected chi connectivity index (χ1v) is 16.9. The van der Waals surface area contributed by atoms with E-state index in [0.717, 1.165) is 11.3 Å². The minimum absolute atomic E-state index is 0.0108. The van der Waals surface area contributed by atoms with Gasteiger partial charge in [0.2, 0.25) is 11.8 Å². The number of carbonyl (C=O) groups excluding carboxylic acids is 4. The molecule has 0 saturated carbocycles. The van der Waals surface area contributed by atoms with E-state index in [0.29, 0.717) is 16.3 Å². The van der Waals surface area contributed by atoms with Crippen molar-refractivity contribution >= 4 is 35.4 Å². The Morgan fingerprint density at radius 2 is 1.69 bits per heavy atom. The molecule has 2 aromatic carbocycles. The van der Waals surface area contributed by atoms with E-state index in [2.05, 4.69) is 10.6 Å². The number of hydrogen-bond donors (Lipinski definition) is 2. The Balaban J connectivity index is 1.60. The second-order valence-electron chi connectivity index (χ2n) is 13.6. The number of esters is 2. The summed E-state index contributed by atoms with van der Waals surface area (Å²) in [6, 6.07) is 11.7. The highest BCUT2D eigenvalue weighted by molar-refractivity contribution is 6.32. The molecule has 2 aliphatic rings. The fourth-order valence-electron chi connectivity index (χ4n) is 5.62. The molecule has 0 bridgehead atoms. The molecule has 0 radical (unpaired) electrons. The van der Waals surface area contributed by atoms with Gasteiger partial charge in [-0.25, -0.2) is 4.79 Å². The van der Waals surface area contributed by atoms with Gasteiger partial charge in [0.1, 0.15) is 29.7 Å². The van der Waals surface area contributed by atoms with Crippen molar-refractivity contribution in [3.8, 4) is 11.5 Å². The van der Waals surface area contributed by atoms with Crippen molar-refractivity contribution in [3.05, 3.63) is 70.8 Å². The van der Waals surface area contributed by atoms with Crippen molar-refractivity contribution in [1.29, 1.82) is 0 Å². The van der Waals surface area contributed by atoms with E-state index in [1.54, 1.807) is 45.2 Å². The highest BCUT2D eigenvalue weighted by Gasteiger charge is 2.48. The lowest BCUT2D eigenvalue weighted by atomic mass is 9.92. The van der Waals surface area contributed by atoms with Crippen molar-refractivity contribution in [2.24, 2.45) is 17.3 Å². The van der Waals surface area contributed by atoms with Crippen LogP contribution in [0.1, 0.15) is 64.7 Å². The summed E-state index contributed by atoms with van der Waals surface area (Å²) < 4.78 is 28.4. The molecule has 2 heterocycles. The molecule has 2 amide bonds. The number of ether oxygens (including phenoxy) is 5. The number of cyclic esters (lactones) is 2. The lowest BCUT2D eigenvalue weighted by Gasteiger charge is -2.29. The van der Waals surface area contributed by atoms with E-state index in [1.807, 2.05) is 45.0 Å². The summed E-state index contributed by atoms with van der Waals surface area (Å²) in [5.41, 5.74) is 0.445. The maximum atomic E-state index is 13.6. The first-order valence-electron chi connectivity index (χ1n) is 16.5. The van der Waals surface area contributed by atoms with Gasteiger partial charge in [-0.15, -0.1) is 0 Å². The summed E-state index contributed by atoms with van der Waals surface area (Å²) in [6.45, 7) is 8.88. The van der Waals surface area contributed by atoms with Gasteiger partial charge < -0.3 is 34.3 Å². The van der Waals surface area contributed by atoms with E-state index >= 15 is 0 Å². The van der Waals surface area contributed by atoms with Crippen LogP contribution in [0, 0.1) is 17.3 Å². The van der Waals surface area contributed by atoms with Crippen LogP contribution in [-0.2, 0) is 39.8 Å². The van der Waals surface area contributed by atoms with Crippen LogP contribution in [0.5, 0.6) is 11.5 Å². The van der Waals surface area contributed by atoms with Gasteiger partial charge in [-0.05, 0) is 67.7 Å². The van der Waals surface area contributed by atoms with E-state index in [1.165, 1.54) is 13.2 Å². The van der Waals surface area contributed by atoms with Crippen LogP contribution in [0.25, 0.3) is 0 Å². The number of epoxide rings is 1. The molecule has 0 spiro atoms. The molecule has 12 heteroatoms. The maximum Gasteiger partial charge on any atom is 0.347 e. The molecule has 2 aliphatic heterocycles. The molecule has 11 nitrogen and oxygen atoms in total. The maximum absolute atomic E-state index is 13.6. The number of halogens is 1. The van der Waals surface area contributed by atoms with Gasteiger partial charge in [-0.2, -0.15) is 0 Å². The molecule has 1 saturated heterocycles. The van der Waals surface area contributed by atoms with Gasteiger partial charge in [0.25, 0.3) is 0 Å². The SMILES string of the molecule is COc1ccc([C@H]2O[C@H]2[C@@H](C)[C@@H]2C/C=C/C(=O)N[C@H](Cc3ccc(OC)c(Cl)c3)C(=O)NCC(C)(C)C(=O)O[C@@H](CC(C)C)C(=O)O2)cc1. The zero-order valence-corrected chi connectivity index (χ0v) is 29.9. The van der Waals surface area contributed by atoms with Crippen LogP contribution in [0.15, 0.2) is 54.6 Å². The smallest absolute Gasteiger partial charge is 0.347 e. The highest BCUT2D eigenvalue weighted by Crippen LogP contribution is 2.45. The number of hydrogen-bond acceptors (Lipinski definition) is 9. The van der Waals surface area contributed by atoms with Crippen LogP contribution in [0.4, 0.5) is 0 Å². The molecule has 49 heavy (non-hydrogen) atoms. The van der Waals surface area contributed by atoms with Crippen molar-refractivity contribution in [3.63, 3.8) is 0 Å². The van der Waals surface area contributed by atoms with Gasteiger partial charge in [-0.1, -0.05) is 56.6 Å². The topological polar surface area (TPSA) is 142 Å². The zero-order valence-electron chi connectivity index (χ0n) is 29.1. The van der Waals surface area contributed by atoms with Crippen molar-refractivity contribution < 1.29 is 42.9 Å². The van der Waals surface area contributed by atoms with Gasteiger partial charge in [0.05, 0.1) is 30.8 Å². The Labute approximate surface area is 293 Å². The summed E-state index contributed by atoms with van der Waals surface area (Å²) >= 11 is 6.32. The monoisotopic (exact) mass is 698 g/mol. The lowest BCUT2D eigenvalue weighted by Crippen LogP contribution is -2.51. The standard InChI is InChI=1S/C37H47ClN2O9/c1-21(2)17-30-35(43)47-28(22(3)32-33(49-32)24-12-14-25(45-6)15-13-24)9-8-10-31(41)40-27(19-23-11-16-29(46-7)26(38)18-23)34(42)39-20-37(4,5)36(44)48-30/h8,10-16,18,21-22,27-28,30,32-33H,9,17,19-20H2,1-7H3,(H,39,42)(H,40,41)/b10-8+/t22-,27+,28-,30-,32-,33+/m0/s1. The average molecular weight is 699 g/mol. The van der Waals surface area contributed by atoms with Gasteiger partial charge in [0, 0.05) is 25.3 Å². The van der Waals surface area contributed by atoms with Gasteiger partial charge in [-0.3, -0.25) is 14.4 Å². The number of rotatable bonds is 9. The lowest BCUT2D eigenvalue weighted by molar-refractivity contribution is -0.179. The Bertz CT molecular complexity index is 1520. The molecule has 6 atom stereocenters. The zero-order chi connectivity index (χ0) is 35.9. The fraction of sp³-hybridized carbons (Fsp3) is 0.514. The third-order valence-corrected chi connectivity index (χ3v) is 9.02. The first-order chi connectivity index (χ1) is 23.2. The second kappa shape index (κ2) is 16.5. The molecule has 2 N–H and O–H groups in total. The number of carbonyl (C=O) groups is 4. The molecular weight excluding hydrogens is 652 g/mol. The number of benzene rings is 2. The van der Waals surface area contributed by atoms with E-state index in [4.69, 9.17) is 35.3 Å². The molecule has 0 aliphatic carbocycles. The predicted molar refractivity (Wildman–Crippen MR) is 183 cm³/mol. The van der Waals surface area contributed by atoms with Crippen molar-refractivity contribution in [1.82, 2.24) is 10.6 Å². The van der Waals surface area contributed by atoms with Gasteiger partial charge >= 0.3 is 11.9 Å². The highest BCUT2D eigenvalue weighted by atomic mass is 35.5. The minimum Gasteiger partial charge on any atom is -0.497 e. The number of amides is 2. The fourth-order valence-corrected chi connectivity index (χ4v) is 5.90. The average Bonchev–Trinajstić information content (AvgIpc) is 3.86. The summed E-state index contributed by atoms with van der Waals surface area (Å²) in [7, 11) is 3.10. The summed E-state index contributed by atoms with van der Waals surface area (Å²) in [6.07, 6.45) is 1.14. The first kappa shape index (κ1) is 37.7. The molecule has 2 aromatic rings.